The van der Waals surface area contributed by atoms with Gasteiger partial charge in [-0.05, 0) is 122 Å². The average molecular weight is 996 g/mol. The van der Waals surface area contributed by atoms with Crippen LogP contribution in [0.5, 0.6) is 23.0 Å². The van der Waals surface area contributed by atoms with Crippen LogP contribution >= 0.6 is 0 Å². The SMILES string of the molecule is CC.CC=N/C(C)=C(/Cc1ccc(F)cc1)C(C)N1CCOc2ccc(-c3ccc4nc(N)[nH]c4c3)cc2C1.COc1cc2nccc(N3CCOc4ccc(-c5cnc6nc(N)[nH]c6c5)cc4C3)c2cc1OC. The van der Waals surface area contributed by atoms with Gasteiger partial charge in [-0.15, -0.1) is 0 Å². The smallest absolute Gasteiger partial charge is 0.200 e. The van der Waals surface area contributed by atoms with E-state index in [1.165, 1.54) is 17.7 Å². The number of anilines is 3. The summed E-state index contributed by atoms with van der Waals surface area (Å²) in [5, 5.41) is 0.997. The first kappa shape index (κ1) is 50.4. The van der Waals surface area contributed by atoms with Gasteiger partial charge in [0.2, 0.25) is 0 Å². The first-order valence-electron chi connectivity index (χ1n) is 24.8. The van der Waals surface area contributed by atoms with Crippen LogP contribution in [0, 0.1) is 5.82 Å². The first-order chi connectivity index (χ1) is 36.0. The molecule has 2 aliphatic heterocycles. The van der Waals surface area contributed by atoms with Gasteiger partial charge in [0, 0.05) is 83.8 Å². The molecule has 6 N–H and O–H groups in total. The Morgan fingerprint density at radius 1 is 0.743 bits per heavy atom. The molecule has 0 saturated carbocycles. The number of methoxy groups -OCH3 is 2. The maximum Gasteiger partial charge on any atom is 0.200 e. The van der Waals surface area contributed by atoms with Crippen molar-refractivity contribution < 1.29 is 23.3 Å². The van der Waals surface area contributed by atoms with Crippen molar-refractivity contribution in [3.63, 3.8) is 0 Å². The van der Waals surface area contributed by atoms with Gasteiger partial charge in [-0.25, -0.2) is 14.4 Å². The summed E-state index contributed by atoms with van der Waals surface area (Å²) in [6.07, 6.45) is 6.17. The molecule has 380 valence electrons. The van der Waals surface area contributed by atoms with E-state index in [9.17, 15) is 4.39 Å². The molecule has 16 heteroatoms. The third kappa shape index (κ3) is 11.0. The molecule has 1 atom stereocenters. The van der Waals surface area contributed by atoms with Crippen molar-refractivity contribution in [3.8, 4) is 45.3 Å². The number of pyridine rings is 2. The van der Waals surface area contributed by atoms with Crippen molar-refractivity contribution in [1.29, 1.82) is 0 Å². The number of fused-ring (bicyclic) bond motifs is 5. The number of aromatic nitrogens is 6. The van der Waals surface area contributed by atoms with E-state index in [4.69, 9.17) is 30.4 Å². The number of rotatable bonds is 10. The van der Waals surface area contributed by atoms with Gasteiger partial charge in [-0.2, -0.15) is 4.98 Å². The minimum atomic E-state index is -0.224. The topological polar surface area (TPSA) is 191 Å². The third-order valence-corrected chi connectivity index (χ3v) is 13.3. The maximum absolute atomic E-state index is 13.5. The lowest BCUT2D eigenvalue weighted by Crippen LogP contribution is -2.36. The van der Waals surface area contributed by atoms with Crippen LogP contribution in [0.1, 0.15) is 51.3 Å². The van der Waals surface area contributed by atoms with Crippen LogP contribution in [0.25, 0.3) is 55.4 Å². The van der Waals surface area contributed by atoms with E-state index in [1.807, 2.05) is 94.8 Å². The predicted molar refractivity (Wildman–Crippen MR) is 295 cm³/mol. The number of ether oxygens (including phenoxy) is 4. The van der Waals surface area contributed by atoms with Crippen molar-refractivity contribution in [2.45, 2.75) is 60.2 Å². The molecule has 0 amide bonds. The van der Waals surface area contributed by atoms with Crippen molar-refractivity contribution in [3.05, 3.63) is 149 Å². The molecule has 11 rings (SSSR count). The van der Waals surface area contributed by atoms with Gasteiger partial charge in [0.25, 0.3) is 0 Å². The van der Waals surface area contributed by atoms with Crippen molar-refractivity contribution in [1.82, 2.24) is 34.8 Å². The monoisotopic (exact) mass is 995 g/mol. The molecule has 4 aromatic heterocycles. The van der Waals surface area contributed by atoms with Crippen LogP contribution in [0.4, 0.5) is 22.0 Å². The Labute approximate surface area is 430 Å². The summed E-state index contributed by atoms with van der Waals surface area (Å²) in [7, 11) is 3.27. The highest BCUT2D eigenvalue weighted by Crippen LogP contribution is 2.39. The quantitative estimate of drug-likeness (QED) is 0.0950. The minimum Gasteiger partial charge on any atom is -0.493 e. The number of H-pyrrole nitrogens is 2. The second-order valence-corrected chi connectivity index (χ2v) is 17.8. The number of aliphatic imine (C=N–C) groups is 1. The Kier molecular flexibility index (Phi) is 15.3. The lowest BCUT2D eigenvalue weighted by molar-refractivity contribution is 0.195. The van der Waals surface area contributed by atoms with Gasteiger partial charge in [-0.3, -0.25) is 14.9 Å². The number of benzene rings is 5. The molecule has 0 aliphatic carbocycles. The number of imidazole rings is 2. The lowest BCUT2D eigenvalue weighted by Gasteiger charge is -2.30. The van der Waals surface area contributed by atoms with Gasteiger partial charge in [-0.1, -0.05) is 44.2 Å². The molecular formula is C58H62FN11O4. The van der Waals surface area contributed by atoms with E-state index in [1.54, 1.807) is 14.2 Å². The van der Waals surface area contributed by atoms with E-state index in [2.05, 4.69) is 94.1 Å². The number of nitrogens with one attached hydrogen (secondary N) is 2. The summed E-state index contributed by atoms with van der Waals surface area (Å²) in [5.41, 5.74) is 26.4. The molecule has 9 aromatic rings. The van der Waals surface area contributed by atoms with Gasteiger partial charge in [0.1, 0.15) is 30.5 Å². The van der Waals surface area contributed by atoms with Crippen LogP contribution in [0.15, 0.2) is 132 Å². The highest BCUT2D eigenvalue weighted by atomic mass is 19.1. The van der Waals surface area contributed by atoms with Crippen LogP contribution in [0.2, 0.25) is 0 Å². The molecule has 2 aliphatic rings. The fraction of sp³-hybridized carbons (Fsp3) is 0.259. The first-order valence-corrected chi connectivity index (χ1v) is 24.8. The van der Waals surface area contributed by atoms with E-state index in [-0.39, 0.29) is 11.9 Å². The number of hydrogen-bond donors (Lipinski definition) is 4. The maximum atomic E-state index is 13.5. The third-order valence-electron chi connectivity index (χ3n) is 13.3. The molecule has 1 unspecified atom stereocenters. The van der Waals surface area contributed by atoms with Gasteiger partial charge in [0.15, 0.2) is 29.0 Å². The van der Waals surface area contributed by atoms with Crippen LogP contribution in [-0.2, 0) is 19.5 Å². The number of hydrogen-bond acceptors (Lipinski definition) is 13. The Balaban J connectivity index is 0.000000176. The van der Waals surface area contributed by atoms with Crippen molar-refractivity contribution >= 4 is 56.9 Å². The number of halogens is 1. The standard InChI is InChI=1S/C30H32FN5O.C26H24N6O3.C2H6/c1-4-33-19(2)26(15-21-5-9-25(31)10-6-21)20(3)36-13-14-37-29-12-8-22(16-24(29)18-36)23-7-11-27-28(17-23)35-30(32)34-27;1-33-23-11-18-19(12-24(23)34-2)28-6-5-21(18)32-7-8-35-22-4-3-15(9-17(22)14-32)16-10-20-25(29-13-16)31-26(27)30-20;1-2/h4-12,16-17,20H,13-15,18H2,1-3H3,(H3,32,34,35);3-6,9-13H,7-8,14H2,1-2H3,(H3,27,29,30,31);1-2H3/b26-19-,33-4?;;. The normalized spacial score (nSPS) is 14.3. The zero-order valence-corrected chi connectivity index (χ0v) is 42.9. The van der Waals surface area contributed by atoms with Crippen LogP contribution in [-0.4, -0.2) is 87.6 Å². The predicted octanol–water partition coefficient (Wildman–Crippen LogP) is 11.3. The molecule has 0 fully saturated rings. The molecule has 0 bridgehead atoms. The molecule has 6 heterocycles. The van der Waals surface area contributed by atoms with Gasteiger partial charge >= 0.3 is 0 Å². The molecule has 5 aromatic carbocycles. The Morgan fingerprint density at radius 3 is 2.11 bits per heavy atom. The molecule has 0 saturated heterocycles. The summed E-state index contributed by atoms with van der Waals surface area (Å²) < 4.78 is 36.8. The largest absolute Gasteiger partial charge is 0.493 e. The molecule has 0 radical (unpaired) electrons. The van der Waals surface area contributed by atoms with E-state index < -0.39 is 0 Å². The Hall–Kier alpha value is -8.50. The van der Waals surface area contributed by atoms with E-state index in [0.717, 1.165) is 109 Å². The fourth-order valence-electron chi connectivity index (χ4n) is 9.62. The van der Waals surface area contributed by atoms with Crippen molar-refractivity contribution in [2.24, 2.45) is 4.99 Å². The Morgan fingerprint density at radius 2 is 1.38 bits per heavy atom. The molecule has 0 spiro atoms. The second-order valence-electron chi connectivity index (χ2n) is 17.8. The highest BCUT2D eigenvalue weighted by Gasteiger charge is 2.25. The zero-order chi connectivity index (χ0) is 51.9. The summed E-state index contributed by atoms with van der Waals surface area (Å²) in [6.45, 7) is 14.3. The van der Waals surface area contributed by atoms with Gasteiger partial charge in [0.05, 0.1) is 42.8 Å². The number of allylic oxidation sites excluding steroid dienone is 1. The van der Waals surface area contributed by atoms with Crippen LogP contribution in [0.3, 0.4) is 0 Å². The number of nitrogens with zero attached hydrogens (tertiary/aromatic N) is 7. The average Bonchev–Trinajstić information content (AvgIpc) is 3.81. The fourth-order valence-corrected chi connectivity index (χ4v) is 9.62. The number of nitrogens with two attached hydrogens (primary N) is 2. The van der Waals surface area contributed by atoms with E-state index in [0.29, 0.717) is 55.2 Å². The summed E-state index contributed by atoms with van der Waals surface area (Å²) in [5.74, 6) is 3.67. The summed E-state index contributed by atoms with van der Waals surface area (Å²) in [6, 6.07) is 33.5. The lowest BCUT2D eigenvalue weighted by atomic mass is 9.96. The zero-order valence-electron chi connectivity index (χ0n) is 42.9. The number of aromatic amines is 2. The summed E-state index contributed by atoms with van der Waals surface area (Å²) in [4.78, 5) is 33.0. The van der Waals surface area contributed by atoms with Crippen LogP contribution < -0.4 is 35.3 Å². The Bertz CT molecular complexity index is 3500. The minimum absolute atomic E-state index is 0.122. The molecule has 74 heavy (non-hydrogen) atoms. The molecule has 15 nitrogen and oxygen atoms in total. The van der Waals surface area contributed by atoms with Crippen molar-refractivity contribution in [2.75, 3.05) is 56.9 Å². The van der Waals surface area contributed by atoms with E-state index >= 15 is 0 Å². The highest BCUT2D eigenvalue weighted by molar-refractivity contribution is 5.94. The second kappa shape index (κ2) is 22.5. The molecular weight excluding hydrogens is 934 g/mol. The number of nitrogen functional groups attached to an aromatic ring is 2. The van der Waals surface area contributed by atoms with Gasteiger partial charge < -0.3 is 45.3 Å². The summed E-state index contributed by atoms with van der Waals surface area (Å²) >= 11 is 0.